The topological polar surface area (TPSA) is 62.5 Å². The molecule has 166 valence electrons. The molecule has 0 saturated heterocycles. The summed E-state index contributed by atoms with van der Waals surface area (Å²) in [7, 11) is 0. The Labute approximate surface area is 193 Å². The van der Waals surface area contributed by atoms with Gasteiger partial charge in [0, 0.05) is 29.4 Å². The van der Waals surface area contributed by atoms with E-state index in [2.05, 4.69) is 15.9 Å². The monoisotopic (exact) mass is 514 g/mol. The molecule has 0 atom stereocenters. The van der Waals surface area contributed by atoms with Crippen molar-refractivity contribution < 1.29 is 23.1 Å². The highest BCUT2D eigenvalue weighted by atomic mass is 79.9. The molecule has 0 saturated carbocycles. The Hall–Kier alpha value is -3.59. The number of aromatic carboxylic acids is 1. The molecule has 0 spiro atoms. The van der Waals surface area contributed by atoms with Gasteiger partial charge in [-0.1, -0.05) is 22.0 Å². The van der Waals surface area contributed by atoms with Gasteiger partial charge in [-0.2, -0.15) is 0 Å². The Bertz CT molecular complexity index is 1520. The van der Waals surface area contributed by atoms with Crippen molar-refractivity contribution in [3.8, 4) is 5.69 Å². The average molecular weight is 515 g/mol. The van der Waals surface area contributed by atoms with E-state index in [-0.39, 0.29) is 30.0 Å². The van der Waals surface area contributed by atoms with E-state index in [0.717, 1.165) is 44.6 Å². The van der Waals surface area contributed by atoms with Gasteiger partial charge in [-0.25, -0.2) is 18.0 Å². The predicted molar refractivity (Wildman–Crippen MR) is 120 cm³/mol. The summed E-state index contributed by atoms with van der Waals surface area (Å²) in [5.74, 6) is -4.06. The minimum absolute atomic E-state index is 0.217. The molecule has 0 radical (unpaired) electrons. The largest absolute Gasteiger partial charge is 0.477 e. The molecule has 0 bridgehead atoms. The van der Waals surface area contributed by atoms with Crippen molar-refractivity contribution in [1.82, 2.24) is 4.57 Å². The van der Waals surface area contributed by atoms with Gasteiger partial charge in [0.15, 0.2) is 5.82 Å². The highest BCUT2D eigenvalue weighted by Crippen LogP contribution is 2.36. The van der Waals surface area contributed by atoms with Gasteiger partial charge in [0.2, 0.25) is 5.43 Å². The number of benzene rings is 3. The van der Waals surface area contributed by atoms with Crippen LogP contribution < -0.4 is 10.3 Å². The number of hydrogen-bond donors (Lipinski definition) is 1. The third-order valence-corrected chi connectivity index (χ3v) is 6.19. The molecule has 4 aromatic rings. The van der Waals surface area contributed by atoms with Crippen LogP contribution in [0, 0.1) is 17.5 Å². The quantitative estimate of drug-likeness (QED) is 0.398. The molecule has 1 aromatic heterocycles. The van der Waals surface area contributed by atoms with Crippen LogP contribution >= 0.6 is 15.9 Å². The molecular weight excluding hydrogens is 501 g/mol. The molecule has 3 aromatic carbocycles. The van der Waals surface area contributed by atoms with Crippen LogP contribution in [0.25, 0.3) is 16.6 Å². The number of carbonyl (C=O) groups is 1. The Balaban J connectivity index is 1.78. The summed E-state index contributed by atoms with van der Waals surface area (Å²) in [5.41, 5.74) is -0.243. The zero-order valence-electron chi connectivity index (χ0n) is 16.8. The summed E-state index contributed by atoms with van der Waals surface area (Å²) in [6.45, 7) is 0.512. The number of hydrogen-bond acceptors (Lipinski definition) is 3. The van der Waals surface area contributed by atoms with Crippen LogP contribution in [0.4, 0.5) is 18.9 Å². The summed E-state index contributed by atoms with van der Waals surface area (Å²) < 4.78 is 46.6. The van der Waals surface area contributed by atoms with E-state index in [1.165, 1.54) is 17.0 Å². The summed E-state index contributed by atoms with van der Waals surface area (Å²) in [6, 6.07) is 11.3. The predicted octanol–water partition coefficient (Wildman–Crippen LogP) is 5.39. The molecule has 5 rings (SSSR count). The maximum atomic E-state index is 16.0. The molecule has 0 unspecified atom stereocenters. The molecule has 1 aliphatic rings. The Morgan fingerprint density at radius 2 is 1.67 bits per heavy atom. The van der Waals surface area contributed by atoms with Crippen LogP contribution in [0.15, 0.2) is 64.0 Å². The fourth-order valence-corrected chi connectivity index (χ4v) is 4.58. The maximum Gasteiger partial charge on any atom is 0.341 e. The first-order valence-electron chi connectivity index (χ1n) is 9.83. The third kappa shape index (κ3) is 3.48. The molecule has 0 amide bonds. The number of pyridine rings is 1. The third-order valence-electron chi connectivity index (χ3n) is 5.70. The van der Waals surface area contributed by atoms with E-state index < -0.39 is 39.8 Å². The smallest absolute Gasteiger partial charge is 0.341 e. The first-order chi connectivity index (χ1) is 15.7. The SMILES string of the molecule is O=C(O)c1cn(-c2ccc(F)cc2)c2c(F)c(N3Cc4ccc(Br)cc4C3)c(F)cc2c1=O. The number of carboxylic acid groups (broad SMARTS) is 1. The molecule has 0 aliphatic carbocycles. The Morgan fingerprint density at radius 3 is 2.36 bits per heavy atom. The number of nitrogens with zero attached hydrogens (tertiary/aromatic N) is 2. The summed E-state index contributed by atoms with van der Waals surface area (Å²) in [6.07, 6.45) is 0.973. The number of carboxylic acids is 1. The van der Waals surface area contributed by atoms with Gasteiger partial charge < -0.3 is 14.6 Å². The molecule has 5 nitrogen and oxygen atoms in total. The van der Waals surface area contributed by atoms with Crippen LogP contribution in [0.3, 0.4) is 0 Å². The lowest BCUT2D eigenvalue weighted by atomic mass is 10.1. The Kier molecular flexibility index (Phi) is 5.01. The van der Waals surface area contributed by atoms with Crippen LogP contribution in [-0.4, -0.2) is 15.6 Å². The molecule has 9 heteroatoms. The van der Waals surface area contributed by atoms with Gasteiger partial charge >= 0.3 is 5.97 Å². The lowest BCUT2D eigenvalue weighted by Gasteiger charge is -2.22. The fraction of sp³-hybridized carbons (Fsp3) is 0.0833. The van der Waals surface area contributed by atoms with Crippen molar-refractivity contribution >= 4 is 38.5 Å². The van der Waals surface area contributed by atoms with E-state index in [0.29, 0.717) is 0 Å². The molecule has 33 heavy (non-hydrogen) atoms. The van der Waals surface area contributed by atoms with Gasteiger partial charge in [0.25, 0.3) is 0 Å². The second-order valence-electron chi connectivity index (χ2n) is 7.71. The fourth-order valence-electron chi connectivity index (χ4n) is 4.17. The highest BCUT2D eigenvalue weighted by molar-refractivity contribution is 9.10. The van der Waals surface area contributed by atoms with Crippen LogP contribution in [-0.2, 0) is 13.1 Å². The van der Waals surface area contributed by atoms with Gasteiger partial charge in [0.1, 0.15) is 22.9 Å². The second-order valence-corrected chi connectivity index (χ2v) is 8.63. The number of fused-ring (bicyclic) bond motifs is 2. The molecule has 1 aliphatic heterocycles. The number of aromatic nitrogens is 1. The lowest BCUT2D eigenvalue weighted by Crippen LogP contribution is -2.22. The number of rotatable bonds is 3. The summed E-state index contributed by atoms with van der Waals surface area (Å²) >= 11 is 3.39. The van der Waals surface area contributed by atoms with Crippen LogP contribution in [0.1, 0.15) is 21.5 Å². The van der Waals surface area contributed by atoms with Gasteiger partial charge in [0.05, 0.1) is 10.9 Å². The van der Waals surface area contributed by atoms with Crippen molar-refractivity contribution in [2.75, 3.05) is 4.90 Å². The van der Waals surface area contributed by atoms with Crippen molar-refractivity contribution in [2.45, 2.75) is 13.1 Å². The maximum absolute atomic E-state index is 16.0. The van der Waals surface area contributed by atoms with E-state index in [9.17, 15) is 19.1 Å². The summed E-state index contributed by atoms with van der Waals surface area (Å²) in [5, 5.41) is 9.04. The van der Waals surface area contributed by atoms with Crippen molar-refractivity contribution in [2.24, 2.45) is 0 Å². The van der Waals surface area contributed by atoms with Gasteiger partial charge in [-0.3, -0.25) is 4.79 Å². The van der Waals surface area contributed by atoms with Crippen molar-refractivity contribution in [1.29, 1.82) is 0 Å². The molecular formula is C24H14BrF3N2O3. The van der Waals surface area contributed by atoms with E-state index >= 15 is 8.78 Å². The lowest BCUT2D eigenvalue weighted by molar-refractivity contribution is 0.0695. The average Bonchev–Trinajstić information content (AvgIpc) is 3.17. The summed E-state index contributed by atoms with van der Waals surface area (Å²) in [4.78, 5) is 25.9. The van der Waals surface area contributed by atoms with Gasteiger partial charge in [-0.05, 0) is 53.6 Å². The van der Waals surface area contributed by atoms with E-state index in [4.69, 9.17) is 0 Å². The minimum Gasteiger partial charge on any atom is -0.477 e. The van der Waals surface area contributed by atoms with E-state index in [1.54, 1.807) is 0 Å². The van der Waals surface area contributed by atoms with Crippen molar-refractivity contribution in [3.63, 3.8) is 0 Å². The first-order valence-corrected chi connectivity index (χ1v) is 10.6. The van der Waals surface area contributed by atoms with Crippen LogP contribution in [0.2, 0.25) is 0 Å². The molecule has 1 N–H and O–H groups in total. The number of halogens is 4. The van der Waals surface area contributed by atoms with Gasteiger partial charge in [-0.15, -0.1) is 0 Å². The second kappa shape index (κ2) is 7.77. The van der Waals surface area contributed by atoms with Crippen molar-refractivity contribution in [3.05, 3.63) is 104 Å². The zero-order chi connectivity index (χ0) is 23.4. The van der Waals surface area contributed by atoms with E-state index in [1.807, 2.05) is 18.2 Å². The Morgan fingerprint density at radius 1 is 0.970 bits per heavy atom. The minimum atomic E-state index is -1.54. The highest BCUT2D eigenvalue weighted by Gasteiger charge is 2.29. The molecule has 0 fully saturated rings. The first kappa shape index (κ1) is 21.3. The molecule has 2 heterocycles. The number of anilines is 1. The standard InChI is InChI=1S/C24H14BrF3N2O3/c25-14-2-1-12-9-29(10-13(12)7-14)22-19(27)8-17-21(20(22)28)30(11-18(23(17)31)24(32)33)16-5-3-15(26)4-6-16/h1-8,11H,9-10H2,(H,32,33). The zero-order valence-corrected chi connectivity index (χ0v) is 18.4. The normalized spacial score (nSPS) is 12.9. The van der Waals surface area contributed by atoms with Crippen LogP contribution in [0.5, 0.6) is 0 Å².